The Morgan fingerprint density at radius 1 is 1.18 bits per heavy atom. The Morgan fingerprint density at radius 3 is 2.61 bits per heavy atom. The second kappa shape index (κ2) is 9.26. The summed E-state index contributed by atoms with van der Waals surface area (Å²) in [6, 6.07) is 14.2. The molecule has 0 saturated heterocycles. The second-order valence-corrected chi connectivity index (χ2v) is 7.84. The van der Waals surface area contributed by atoms with Gasteiger partial charge in [0, 0.05) is 47.6 Å². The summed E-state index contributed by atoms with van der Waals surface area (Å²) < 4.78 is 0. The number of hydrogen-bond donors (Lipinski definition) is 2. The minimum absolute atomic E-state index is 0.0301. The van der Waals surface area contributed by atoms with Crippen LogP contribution in [0.3, 0.4) is 0 Å². The standard InChI is InChI=1S/C23H28ClN3O/c1-4-16-6-5-7-19-21(15-26-23(16)19)20(17-8-10-18(24)11-9-17)14-22(28)25-12-13-27(2)3/h5-11,15,20,26H,4,12-14H2,1-3H3,(H,25,28)/t20-/m0/s1. The van der Waals surface area contributed by atoms with Crippen LogP contribution in [-0.2, 0) is 11.2 Å². The maximum absolute atomic E-state index is 12.7. The highest BCUT2D eigenvalue weighted by molar-refractivity contribution is 6.30. The molecule has 2 N–H and O–H groups in total. The Kier molecular flexibility index (Phi) is 6.76. The zero-order valence-corrected chi connectivity index (χ0v) is 17.5. The Balaban J connectivity index is 1.93. The van der Waals surface area contributed by atoms with Gasteiger partial charge >= 0.3 is 0 Å². The Labute approximate surface area is 171 Å². The maximum Gasteiger partial charge on any atom is 0.220 e. The molecule has 0 spiro atoms. The Morgan fingerprint density at radius 2 is 1.93 bits per heavy atom. The maximum atomic E-state index is 12.7. The van der Waals surface area contributed by atoms with Gasteiger partial charge in [-0.3, -0.25) is 4.79 Å². The molecule has 1 heterocycles. The fourth-order valence-corrected chi connectivity index (χ4v) is 3.73. The topological polar surface area (TPSA) is 48.1 Å². The normalized spacial score (nSPS) is 12.5. The lowest BCUT2D eigenvalue weighted by atomic mass is 9.87. The molecule has 1 aromatic heterocycles. The molecule has 0 bridgehead atoms. The van der Waals surface area contributed by atoms with Crippen molar-refractivity contribution < 1.29 is 4.79 Å². The molecule has 0 fully saturated rings. The van der Waals surface area contributed by atoms with Gasteiger partial charge in [-0.1, -0.05) is 48.9 Å². The highest BCUT2D eigenvalue weighted by Gasteiger charge is 2.22. The van der Waals surface area contributed by atoms with E-state index >= 15 is 0 Å². The first kappa shape index (κ1) is 20.4. The average Bonchev–Trinajstić information content (AvgIpc) is 3.10. The molecule has 2 aromatic carbocycles. The van der Waals surface area contributed by atoms with Gasteiger partial charge in [0.05, 0.1) is 0 Å². The van der Waals surface area contributed by atoms with Gasteiger partial charge in [-0.05, 0) is 49.3 Å². The van der Waals surface area contributed by atoms with Crippen LogP contribution in [0.1, 0.15) is 36.0 Å². The van der Waals surface area contributed by atoms with Crippen molar-refractivity contribution in [1.82, 2.24) is 15.2 Å². The van der Waals surface area contributed by atoms with Crippen molar-refractivity contribution in [3.63, 3.8) is 0 Å². The van der Waals surface area contributed by atoms with Crippen molar-refractivity contribution in [3.8, 4) is 0 Å². The third-order valence-electron chi connectivity index (χ3n) is 5.13. The number of aromatic amines is 1. The van der Waals surface area contributed by atoms with E-state index in [0.29, 0.717) is 18.0 Å². The lowest BCUT2D eigenvalue weighted by Crippen LogP contribution is -2.32. The van der Waals surface area contributed by atoms with E-state index in [1.54, 1.807) is 0 Å². The molecule has 0 aliphatic carbocycles. The van der Waals surface area contributed by atoms with Crippen LogP contribution in [0.4, 0.5) is 0 Å². The zero-order chi connectivity index (χ0) is 20.1. The molecule has 1 atom stereocenters. The molecule has 0 aliphatic rings. The molecular formula is C23H28ClN3O. The first-order valence-corrected chi connectivity index (χ1v) is 10.1. The highest BCUT2D eigenvalue weighted by atomic mass is 35.5. The number of para-hydroxylation sites is 1. The average molecular weight is 398 g/mol. The first-order chi connectivity index (χ1) is 13.5. The van der Waals surface area contributed by atoms with E-state index < -0.39 is 0 Å². The van der Waals surface area contributed by atoms with E-state index in [2.05, 4.69) is 46.5 Å². The van der Waals surface area contributed by atoms with Gasteiger partial charge in [-0.25, -0.2) is 0 Å². The number of fused-ring (bicyclic) bond motifs is 1. The largest absolute Gasteiger partial charge is 0.361 e. The monoisotopic (exact) mass is 397 g/mol. The van der Waals surface area contributed by atoms with E-state index in [1.807, 2.05) is 38.4 Å². The molecule has 0 unspecified atom stereocenters. The number of likely N-dealkylation sites (N-methyl/N-ethyl adjacent to an activating group) is 1. The SMILES string of the molecule is CCc1cccc2c([C@@H](CC(=O)NCCN(C)C)c3ccc(Cl)cc3)c[nH]c12. The number of nitrogens with one attached hydrogen (secondary N) is 2. The number of halogens is 1. The summed E-state index contributed by atoms with van der Waals surface area (Å²) >= 11 is 6.09. The minimum Gasteiger partial charge on any atom is -0.361 e. The summed E-state index contributed by atoms with van der Waals surface area (Å²) in [4.78, 5) is 18.2. The van der Waals surface area contributed by atoms with Crippen LogP contribution in [0.5, 0.6) is 0 Å². The number of carbonyl (C=O) groups is 1. The van der Waals surface area contributed by atoms with E-state index in [4.69, 9.17) is 11.6 Å². The summed E-state index contributed by atoms with van der Waals surface area (Å²) in [5.74, 6) is 0.0280. The summed E-state index contributed by atoms with van der Waals surface area (Å²) in [5, 5.41) is 4.92. The van der Waals surface area contributed by atoms with Crippen LogP contribution in [0.2, 0.25) is 5.02 Å². The van der Waals surface area contributed by atoms with Gasteiger partial charge in [-0.2, -0.15) is 0 Å². The van der Waals surface area contributed by atoms with Crippen LogP contribution >= 0.6 is 11.6 Å². The van der Waals surface area contributed by atoms with Crippen LogP contribution in [-0.4, -0.2) is 43.0 Å². The van der Waals surface area contributed by atoms with Crippen molar-refractivity contribution >= 4 is 28.4 Å². The number of aryl methyl sites for hydroxylation is 1. The van der Waals surface area contributed by atoms with E-state index in [0.717, 1.165) is 29.6 Å². The number of carbonyl (C=O) groups excluding carboxylic acids is 1. The highest BCUT2D eigenvalue weighted by Crippen LogP contribution is 2.35. The molecule has 1 amide bonds. The molecule has 28 heavy (non-hydrogen) atoms. The van der Waals surface area contributed by atoms with E-state index in [-0.39, 0.29) is 11.8 Å². The third-order valence-corrected chi connectivity index (χ3v) is 5.39. The summed E-state index contributed by atoms with van der Waals surface area (Å²) in [7, 11) is 4.00. The van der Waals surface area contributed by atoms with Crippen molar-refractivity contribution in [2.45, 2.75) is 25.7 Å². The number of hydrogen-bond acceptors (Lipinski definition) is 2. The van der Waals surface area contributed by atoms with Crippen LogP contribution in [0.15, 0.2) is 48.7 Å². The van der Waals surface area contributed by atoms with Gasteiger partial charge in [0.15, 0.2) is 0 Å². The molecule has 0 aliphatic heterocycles. The number of H-pyrrole nitrogens is 1. The molecule has 148 valence electrons. The van der Waals surface area contributed by atoms with E-state index in [9.17, 15) is 4.79 Å². The predicted octanol–water partition coefficient (Wildman–Crippen LogP) is 4.58. The molecule has 3 rings (SSSR count). The van der Waals surface area contributed by atoms with Gasteiger partial charge < -0.3 is 15.2 Å². The number of benzene rings is 2. The Bertz CT molecular complexity index is 931. The first-order valence-electron chi connectivity index (χ1n) is 9.75. The zero-order valence-electron chi connectivity index (χ0n) is 16.8. The molecule has 4 nitrogen and oxygen atoms in total. The molecule has 5 heteroatoms. The second-order valence-electron chi connectivity index (χ2n) is 7.40. The smallest absolute Gasteiger partial charge is 0.220 e. The van der Waals surface area contributed by atoms with Crippen LogP contribution in [0, 0.1) is 0 Å². The summed E-state index contributed by atoms with van der Waals surface area (Å²) in [6.45, 7) is 3.63. The van der Waals surface area contributed by atoms with Crippen molar-refractivity contribution in [1.29, 1.82) is 0 Å². The van der Waals surface area contributed by atoms with Gasteiger partial charge in [-0.15, -0.1) is 0 Å². The lowest BCUT2D eigenvalue weighted by Gasteiger charge is -2.18. The molecule has 0 radical (unpaired) electrons. The van der Waals surface area contributed by atoms with Crippen molar-refractivity contribution in [2.75, 3.05) is 27.2 Å². The van der Waals surface area contributed by atoms with Crippen molar-refractivity contribution in [2.24, 2.45) is 0 Å². The van der Waals surface area contributed by atoms with Gasteiger partial charge in [0.2, 0.25) is 5.91 Å². The summed E-state index contributed by atoms with van der Waals surface area (Å²) in [6.07, 6.45) is 3.42. The summed E-state index contributed by atoms with van der Waals surface area (Å²) in [5.41, 5.74) is 4.69. The lowest BCUT2D eigenvalue weighted by molar-refractivity contribution is -0.121. The molecule has 0 saturated carbocycles. The minimum atomic E-state index is -0.0301. The number of amides is 1. The van der Waals surface area contributed by atoms with E-state index in [1.165, 1.54) is 10.9 Å². The Hall–Kier alpha value is -2.30. The quantitative estimate of drug-likeness (QED) is 0.584. The van der Waals surface area contributed by atoms with Gasteiger partial charge in [0.1, 0.15) is 0 Å². The third kappa shape index (κ3) is 4.75. The van der Waals surface area contributed by atoms with Crippen LogP contribution < -0.4 is 5.32 Å². The number of aromatic nitrogens is 1. The fourth-order valence-electron chi connectivity index (χ4n) is 3.60. The predicted molar refractivity (Wildman–Crippen MR) is 117 cm³/mol. The van der Waals surface area contributed by atoms with Crippen molar-refractivity contribution in [3.05, 3.63) is 70.4 Å². The fraction of sp³-hybridized carbons (Fsp3) is 0.348. The molecular weight excluding hydrogens is 370 g/mol. The number of nitrogens with zero attached hydrogens (tertiary/aromatic N) is 1. The van der Waals surface area contributed by atoms with Crippen LogP contribution in [0.25, 0.3) is 10.9 Å². The molecule has 3 aromatic rings. The number of rotatable bonds is 8. The van der Waals surface area contributed by atoms with Gasteiger partial charge in [0.25, 0.3) is 0 Å².